The molecule has 1 unspecified atom stereocenters. The van der Waals surface area contributed by atoms with Gasteiger partial charge in [0.15, 0.2) is 11.4 Å². The summed E-state index contributed by atoms with van der Waals surface area (Å²) in [5.74, 6) is -0.0383. The molecule has 0 amide bonds. The Bertz CT molecular complexity index is 930. The van der Waals surface area contributed by atoms with Gasteiger partial charge in [0, 0.05) is 22.6 Å². The number of carbonyl (C=O) groups is 3. The second-order valence-electron chi connectivity index (χ2n) is 8.32. The molecular formula is C21H20O5. The highest BCUT2D eigenvalue weighted by Gasteiger charge is 2.76. The van der Waals surface area contributed by atoms with E-state index in [0.29, 0.717) is 16.9 Å². The number of aldehydes is 1. The van der Waals surface area contributed by atoms with Crippen LogP contribution in [0.1, 0.15) is 47.4 Å². The van der Waals surface area contributed by atoms with Gasteiger partial charge < -0.3 is 14.3 Å². The van der Waals surface area contributed by atoms with E-state index in [0.717, 1.165) is 19.1 Å². The Morgan fingerprint density at radius 3 is 2.69 bits per heavy atom. The zero-order valence-electron chi connectivity index (χ0n) is 15.0. The summed E-state index contributed by atoms with van der Waals surface area (Å²) < 4.78 is 11.7. The first-order valence-corrected chi connectivity index (χ1v) is 8.99. The van der Waals surface area contributed by atoms with E-state index < -0.39 is 16.6 Å². The average Bonchev–Trinajstić information content (AvgIpc) is 2.95. The minimum absolute atomic E-state index is 0.00593. The second kappa shape index (κ2) is 4.52. The number of methoxy groups -OCH3 is 1. The molecule has 4 bridgehead atoms. The monoisotopic (exact) mass is 352 g/mol. The molecule has 0 N–H and O–H groups in total. The number of hydrogen-bond donors (Lipinski definition) is 0. The van der Waals surface area contributed by atoms with Gasteiger partial charge in [-0.15, -0.1) is 0 Å². The van der Waals surface area contributed by atoms with Crippen LogP contribution < -0.4 is 4.74 Å². The second-order valence-corrected chi connectivity index (χ2v) is 8.32. The molecule has 26 heavy (non-hydrogen) atoms. The van der Waals surface area contributed by atoms with Crippen LogP contribution in [-0.4, -0.2) is 36.2 Å². The van der Waals surface area contributed by atoms with E-state index in [1.165, 1.54) is 7.11 Å². The minimum Gasteiger partial charge on any atom is -0.497 e. The molecule has 3 aliphatic carbocycles. The standard InChI is InChI=1S/C21H20O5/c1-19(10-22)14-6-7-20(2)15(14)9-16-17(23)12-5-4-11(25-3)8-13(12)18(24)21(16,19)26-20/h4-5,8-10,14-15H,6-7H2,1-3H3/t14-,15+,19-,20+,21?/m0/s1. The van der Waals surface area contributed by atoms with E-state index in [1.54, 1.807) is 25.1 Å². The van der Waals surface area contributed by atoms with Crippen molar-refractivity contribution in [3.05, 3.63) is 41.0 Å². The number of ketones is 2. The van der Waals surface area contributed by atoms with Crippen LogP contribution in [0, 0.1) is 17.3 Å². The van der Waals surface area contributed by atoms with Crippen LogP contribution in [-0.2, 0) is 9.53 Å². The van der Waals surface area contributed by atoms with Gasteiger partial charge in [0.05, 0.1) is 18.1 Å². The topological polar surface area (TPSA) is 69.7 Å². The fourth-order valence-corrected chi connectivity index (χ4v) is 5.85. The first kappa shape index (κ1) is 15.9. The third-order valence-corrected chi connectivity index (χ3v) is 7.26. The van der Waals surface area contributed by atoms with Gasteiger partial charge in [-0.3, -0.25) is 9.59 Å². The number of fused-ring (bicyclic) bond motifs is 1. The molecule has 6 rings (SSSR count). The molecule has 2 fully saturated rings. The van der Waals surface area contributed by atoms with Crippen molar-refractivity contribution in [2.45, 2.75) is 37.9 Å². The Kier molecular flexibility index (Phi) is 2.77. The van der Waals surface area contributed by atoms with Gasteiger partial charge in [-0.05, 0) is 50.8 Å². The number of carbonyl (C=O) groups excluding carboxylic acids is 3. The van der Waals surface area contributed by atoms with Gasteiger partial charge in [0.1, 0.15) is 12.0 Å². The summed E-state index contributed by atoms with van der Waals surface area (Å²) in [7, 11) is 1.51. The summed E-state index contributed by atoms with van der Waals surface area (Å²) in [6, 6.07) is 4.88. The molecule has 5 aliphatic rings. The van der Waals surface area contributed by atoms with Crippen LogP contribution in [0.5, 0.6) is 5.75 Å². The molecule has 5 nitrogen and oxygen atoms in total. The average molecular weight is 352 g/mol. The number of hydrogen-bond acceptors (Lipinski definition) is 5. The number of Topliss-reactive ketones (excluding diaryl/α,β-unsaturated/α-hetero) is 2. The maximum absolute atomic E-state index is 13.7. The van der Waals surface area contributed by atoms with Gasteiger partial charge in [-0.25, -0.2) is 0 Å². The number of benzene rings is 1. The molecular weight excluding hydrogens is 332 g/mol. The van der Waals surface area contributed by atoms with Gasteiger partial charge in [-0.2, -0.15) is 0 Å². The minimum atomic E-state index is -1.53. The molecule has 1 aromatic rings. The summed E-state index contributed by atoms with van der Waals surface area (Å²) in [5.41, 5.74) is -2.11. The Balaban J connectivity index is 1.85. The van der Waals surface area contributed by atoms with E-state index in [9.17, 15) is 14.4 Å². The highest BCUT2D eigenvalue weighted by Crippen LogP contribution is 2.68. The maximum atomic E-state index is 13.7. The van der Waals surface area contributed by atoms with Gasteiger partial charge in [0.2, 0.25) is 5.78 Å². The van der Waals surface area contributed by atoms with E-state index >= 15 is 0 Å². The van der Waals surface area contributed by atoms with Crippen molar-refractivity contribution in [2.24, 2.45) is 17.3 Å². The quantitative estimate of drug-likeness (QED) is 0.766. The van der Waals surface area contributed by atoms with E-state index in [1.807, 2.05) is 13.0 Å². The highest BCUT2D eigenvalue weighted by atomic mass is 16.5. The van der Waals surface area contributed by atoms with Gasteiger partial charge in [0.25, 0.3) is 0 Å². The first-order valence-electron chi connectivity index (χ1n) is 8.99. The Hall–Kier alpha value is -2.27. The summed E-state index contributed by atoms with van der Waals surface area (Å²) in [6.45, 7) is 3.78. The molecule has 2 aliphatic heterocycles. The fourth-order valence-electron chi connectivity index (χ4n) is 5.85. The molecule has 1 saturated carbocycles. The van der Waals surface area contributed by atoms with E-state index in [2.05, 4.69) is 0 Å². The third kappa shape index (κ3) is 1.43. The van der Waals surface area contributed by atoms with Crippen molar-refractivity contribution in [3.8, 4) is 5.75 Å². The predicted molar refractivity (Wildman–Crippen MR) is 92.3 cm³/mol. The van der Waals surface area contributed by atoms with Crippen molar-refractivity contribution in [1.82, 2.24) is 0 Å². The number of rotatable bonds is 2. The van der Waals surface area contributed by atoms with Crippen LogP contribution in [0.25, 0.3) is 0 Å². The van der Waals surface area contributed by atoms with Gasteiger partial charge in [-0.1, -0.05) is 6.08 Å². The highest BCUT2D eigenvalue weighted by molar-refractivity contribution is 6.28. The Morgan fingerprint density at radius 1 is 1.23 bits per heavy atom. The van der Waals surface area contributed by atoms with E-state index in [-0.39, 0.29) is 29.0 Å². The van der Waals surface area contributed by atoms with Crippen molar-refractivity contribution in [1.29, 1.82) is 0 Å². The molecule has 2 heterocycles. The van der Waals surface area contributed by atoms with Crippen LogP contribution in [0.2, 0.25) is 0 Å². The lowest BCUT2D eigenvalue weighted by Crippen LogP contribution is -2.72. The lowest BCUT2D eigenvalue weighted by molar-refractivity contribution is -0.219. The summed E-state index contributed by atoms with van der Waals surface area (Å²) in [6.07, 6.45) is 4.37. The fraction of sp³-hybridized carbons (Fsp3) is 0.476. The van der Waals surface area contributed by atoms with Crippen molar-refractivity contribution >= 4 is 17.9 Å². The van der Waals surface area contributed by atoms with Crippen LogP contribution >= 0.6 is 0 Å². The normalized spacial score (nSPS) is 42.2. The smallest absolute Gasteiger partial charge is 0.201 e. The summed E-state index contributed by atoms with van der Waals surface area (Å²) in [4.78, 5) is 39.3. The van der Waals surface area contributed by atoms with Crippen molar-refractivity contribution in [2.75, 3.05) is 7.11 Å². The molecule has 1 aromatic carbocycles. The van der Waals surface area contributed by atoms with Crippen molar-refractivity contribution < 1.29 is 23.9 Å². The SMILES string of the molecule is COc1ccc2c(c1)C(=O)C13O[C@]4(C)CC[C@@H]([C@H]4C=C1C2=O)[C@]3(C)C=O. The zero-order valence-corrected chi connectivity index (χ0v) is 15.0. The molecule has 134 valence electrons. The van der Waals surface area contributed by atoms with Crippen molar-refractivity contribution in [3.63, 3.8) is 0 Å². The Morgan fingerprint density at radius 2 is 2.00 bits per heavy atom. The van der Waals surface area contributed by atoms with Gasteiger partial charge >= 0.3 is 0 Å². The number of ether oxygens (including phenoxy) is 2. The third-order valence-electron chi connectivity index (χ3n) is 7.26. The molecule has 0 radical (unpaired) electrons. The predicted octanol–water partition coefficient (Wildman–Crippen LogP) is 2.77. The molecule has 1 spiro atoms. The van der Waals surface area contributed by atoms with Crippen LogP contribution in [0.3, 0.4) is 0 Å². The maximum Gasteiger partial charge on any atom is 0.201 e. The van der Waals surface area contributed by atoms with Crippen LogP contribution in [0.15, 0.2) is 29.8 Å². The largest absolute Gasteiger partial charge is 0.497 e. The van der Waals surface area contributed by atoms with Crippen LogP contribution in [0.4, 0.5) is 0 Å². The lowest BCUT2D eigenvalue weighted by Gasteiger charge is -2.61. The zero-order chi connectivity index (χ0) is 18.5. The Labute approximate surface area is 151 Å². The molecule has 0 aromatic heterocycles. The summed E-state index contributed by atoms with van der Waals surface area (Å²) in [5, 5.41) is 0. The first-order chi connectivity index (χ1) is 12.3. The lowest BCUT2D eigenvalue weighted by atomic mass is 9.49. The molecule has 1 saturated heterocycles. The van der Waals surface area contributed by atoms with E-state index in [4.69, 9.17) is 9.47 Å². The molecule has 5 atom stereocenters. The molecule has 5 heteroatoms. The summed E-state index contributed by atoms with van der Waals surface area (Å²) >= 11 is 0.